The van der Waals surface area contributed by atoms with E-state index in [0.29, 0.717) is 10.3 Å². The first-order chi connectivity index (χ1) is 7.09. The van der Waals surface area contributed by atoms with Crippen molar-refractivity contribution in [3.8, 4) is 5.82 Å². The molecule has 0 amide bonds. The molecule has 0 aromatic carbocycles. The van der Waals surface area contributed by atoms with Gasteiger partial charge in [-0.2, -0.15) is 0 Å². The Balaban J connectivity index is 2.64. The Morgan fingerprint density at radius 2 is 2.20 bits per heavy atom. The first-order valence-corrected chi connectivity index (χ1v) is 5.29. The van der Waals surface area contributed by atoms with Gasteiger partial charge in [0.05, 0.1) is 0 Å². The molecule has 2 rings (SSSR count). The smallest absolute Gasteiger partial charge is 0.287 e. The van der Waals surface area contributed by atoms with Gasteiger partial charge in [-0.15, -0.1) is 0 Å². The molecule has 2 heterocycles. The second-order valence-electron chi connectivity index (χ2n) is 3.38. The summed E-state index contributed by atoms with van der Waals surface area (Å²) in [6.45, 7) is 3.79. The van der Waals surface area contributed by atoms with Gasteiger partial charge in [-0.05, 0) is 47.5 Å². The van der Waals surface area contributed by atoms with Crippen LogP contribution in [0.3, 0.4) is 0 Å². The molecular formula is C10H10BrN3O. The average Bonchev–Trinajstić information content (AvgIpc) is 2.46. The number of nitrogens with one attached hydrogen (secondary N) is 1. The third kappa shape index (κ3) is 1.74. The number of aromatic amines is 1. The predicted molar refractivity (Wildman–Crippen MR) is 61.4 cm³/mol. The molecule has 2 aromatic heterocycles. The van der Waals surface area contributed by atoms with Crippen LogP contribution in [0.5, 0.6) is 0 Å². The van der Waals surface area contributed by atoms with E-state index in [1.807, 2.05) is 26.0 Å². The first-order valence-electron chi connectivity index (χ1n) is 4.50. The minimum Gasteiger partial charge on any atom is -0.293 e. The van der Waals surface area contributed by atoms with Gasteiger partial charge in [-0.25, -0.2) is 9.67 Å². The first kappa shape index (κ1) is 10.2. The molecule has 0 aliphatic carbocycles. The summed E-state index contributed by atoms with van der Waals surface area (Å²) in [4.78, 5) is 15.9. The number of halogens is 1. The van der Waals surface area contributed by atoms with Crippen LogP contribution in [0.1, 0.15) is 11.3 Å². The largest absolute Gasteiger partial charge is 0.293 e. The van der Waals surface area contributed by atoms with E-state index in [1.165, 1.54) is 4.68 Å². The molecule has 5 heteroatoms. The lowest BCUT2D eigenvalue weighted by atomic mass is 10.3. The van der Waals surface area contributed by atoms with Gasteiger partial charge in [0.25, 0.3) is 5.56 Å². The summed E-state index contributed by atoms with van der Waals surface area (Å²) in [7, 11) is 0. The van der Waals surface area contributed by atoms with Gasteiger partial charge >= 0.3 is 0 Å². The van der Waals surface area contributed by atoms with Crippen LogP contribution in [0.4, 0.5) is 0 Å². The number of aryl methyl sites for hydroxylation is 2. The van der Waals surface area contributed by atoms with Crippen LogP contribution in [0.15, 0.2) is 27.6 Å². The zero-order valence-electron chi connectivity index (χ0n) is 8.41. The van der Waals surface area contributed by atoms with E-state index >= 15 is 0 Å². The van der Waals surface area contributed by atoms with E-state index in [-0.39, 0.29) is 5.56 Å². The molecule has 0 saturated carbocycles. The normalized spacial score (nSPS) is 10.6. The maximum atomic E-state index is 11.7. The zero-order valence-corrected chi connectivity index (χ0v) is 10.00. The Kier molecular flexibility index (Phi) is 2.48. The summed E-state index contributed by atoms with van der Waals surface area (Å²) >= 11 is 3.22. The molecule has 78 valence electrons. The lowest BCUT2D eigenvalue weighted by Gasteiger charge is -2.00. The molecular weight excluding hydrogens is 258 g/mol. The van der Waals surface area contributed by atoms with Gasteiger partial charge < -0.3 is 0 Å². The quantitative estimate of drug-likeness (QED) is 0.859. The lowest BCUT2D eigenvalue weighted by molar-refractivity contribution is 0.805. The van der Waals surface area contributed by atoms with Crippen LogP contribution < -0.4 is 5.56 Å². The molecule has 0 aliphatic rings. The van der Waals surface area contributed by atoms with Gasteiger partial charge in [-0.1, -0.05) is 0 Å². The number of H-pyrrole nitrogens is 1. The number of aromatic nitrogens is 3. The highest BCUT2D eigenvalue weighted by Crippen LogP contribution is 2.10. The molecule has 0 spiro atoms. The van der Waals surface area contributed by atoms with E-state index in [1.54, 1.807) is 6.20 Å². The van der Waals surface area contributed by atoms with Gasteiger partial charge in [0.15, 0.2) is 5.82 Å². The van der Waals surface area contributed by atoms with Crippen LogP contribution in [-0.4, -0.2) is 14.8 Å². The Morgan fingerprint density at radius 1 is 1.47 bits per heavy atom. The van der Waals surface area contributed by atoms with Crippen LogP contribution in [-0.2, 0) is 0 Å². The lowest BCUT2D eigenvalue weighted by Crippen LogP contribution is -2.15. The van der Waals surface area contributed by atoms with E-state index in [9.17, 15) is 4.79 Å². The molecule has 2 aromatic rings. The summed E-state index contributed by atoms with van der Waals surface area (Å²) in [5, 5.41) is 2.95. The Labute approximate surface area is 95.1 Å². The number of rotatable bonds is 1. The van der Waals surface area contributed by atoms with Crippen LogP contribution in [0.25, 0.3) is 5.82 Å². The van der Waals surface area contributed by atoms with E-state index < -0.39 is 0 Å². The van der Waals surface area contributed by atoms with Crippen LogP contribution >= 0.6 is 15.9 Å². The van der Waals surface area contributed by atoms with Crippen molar-refractivity contribution >= 4 is 15.9 Å². The molecule has 0 saturated heterocycles. The number of hydrogen-bond donors (Lipinski definition) is 1. The van der Waals surface area contributed by atoms with E-state index in [4.69, 9.17) is 0 Å². The fourth-order valence-electron chi connectivity index (χ4n) is 1.33. The third-order valence-electron chi connectivity index (χ3n) is 2.13. The maximum absolute atomic E-state index is 11.7. The molecule has 1 N–H and O–H groups in total. The third-order valence-corrected chi connectivity index (χ3v) is 3.06. The van der Waals surface area contributed by atoms with Crippen molar-refractivity contribution in [2.45, 2.75) is 13.8 Å². The standard InChI is InChI=1S/C10H10BrN3O/c1-6-3-4-12-8(5-6)14-10(15)9(11)7(2)13-14/h3-5,13H,1-2H3. The summed E-state index contributed by atoms with van der Waals surface area (Å²) in [5.41, 5.74) is 1.74. The molecule has 0 fully saturated rings. The fraction of sp³-hybridized carbons (Fsp3) is 0.200. The number of hydrogen-bond acceptors (Lipinski definition) is 2. The predicted octanol–water partition coefficient (Wildman–Crippen LogP) is 1.94. The van der Waals surface area contributed by atoms with Crippen molar-refractivity contribution in [2.24, 2.45) is 0 Å². The molecule has 0 unspecified atom stereocenters. The van der Waals surface area contributed by atoms with Gasteiger partial charge in [-0.3, -0.25) is 9.89 Å². The Morgan fingerprint density at radius 3 is 2.73 bits per heavy atom. The van der Waals surface area contributed by atoms with E-state index in [2.05, 4.69) is 26.0 Å². The topological polar surface area (TPSA) is 50.7 Å². The minimum absolute atomic E-state index is 0.120. The van der Waals surface area contributed by atoms with Gasteiger partial charge in [0.2, 0.25) is 0 Å². The summed E-state index contributed by atoms with van der Waals surface area (Å²) < 4.78 is 1.97. The van der Waals surface area contributed by atoms with Crippen molar-refractivity contribution in [2.75, 3.05) is 0 Å². The van der Waals surface area contributed by atoms with E-state index in [0.717, 1.165) is 11.3 Å². The van der Waals surface area contributed by atoms with Crippen molar-refractivity contribution in [1.82, 2.24) is 14.8 Å². The monoisotopic (exact) mass is 267 g/mol. The van der Waals surface area contributed by atoms with Crippen molar-refractivity contribution in [1.29, 1.82) is 0 Å². The van der Waals surface area contributed by atoms with Crippen molar-refractivity contribution in [3.63, 3.8) is 0 Å². The number of nitrogens with zero attached hydrogens (tertiary/aromatic N) is 2. The second kappa shape index (κ2) is 3.66. The molecule has 0 bridgehead atoms. The SMILES string of the molecule is Cc1ccnc(-n2[nH]c(C)c(Br)c2=O)c1. The maximum Gasteiger partial charge on any atom is 0.287 e. The van der Waals surface area contributed by atoms with Gasteiger partial charge in [0, 0.05) is 11.9 Å². The Bertz CT molecular complexity index is 556. The molecule has 4 nitrogen and oxygen atoms in total. The highest BCUT2D eigenvalue weighted by atomic mass is 79.9. The fourth-order valence-corrected chi connectivity index (χ4v) is 1.60. The highest BCUT2D eigenvalue weighted by Gasteiger charge is 2.09. The Hall–Kier alpha value is -1.36. The molecule has 0 aliphatic heterocycles. The number of pyridine rings is 1. The highest BCUT2D eigenvalue weighted by molar-refractivity contribution is 9.10. The summed E-state index contributed by atoms with van der Waals surface area (Å²) in [6, 6.07) is 3.74. The average molecular weight is 268 g/mol. The van der Waals surface area contributed by atoms with Gasteiger partial charge in [0.1, 0.15) is 4.47 Å². The molecule has 15 heavy (non-hydrogen) atoms. The minimum atomic E-state index is -0.120. The van der Waals surface area contributed by atoms with Crippen molar-refractivity contribution in [3.05, 3.63) is 44.4 Å². The summed E-state index contributed by atoms with van der Waals surface area (Å²) in [6.07, 6.45) is 1.68. The van der Waals surface area contributed by atoms with Crippen molar-refractivity contribution < 1.29 is 0 Å². The summed E-state index contributed by atoms with van der Waals surface area (Å²) in [5.74, 6) is 0.605. The second-order valence-corrected chi connectivity index (χ2v) is 4.18. The zero-order chi connectivity index (χ0) is 11.0. The molecule has 0 atom stereocenters. The molecule has 0 radical (unpaired) electrons. The van der Waals surface area contributed by atoms with Crippen LogP contribution in [0.2, 0.25) is 0 Å². The van der Waals surface area contributed by atoms with Crippen LogP contribution in [0, 0.1) is 13.8 Å².